The molecule has 0 fully saturated rings. The molecule has 3 aromatic rings. The number of aromatic nitrogens is 6. The molecule has 0 aliphatic rings. The molecule has 9 heteroatoms. The van der Waals surface area contributed by atoms with Crippen molar-refractivity contribution in [3.05, 3.63) is 36.9 Å². The van der Waals surface area contributed by atoms with Gasteiger partial charge >= 0.3 is 5.97 Å². The minimum Gasteiger partial charge on any atom is -0.480 e. The van der Waals surface area contributed by atoms with Crippen molar-refractivity contribution in [1.29, 1.82) is 0 Å². The largest absolute Gasteiger partial charge is 0.480 e. The van der Waals surface area contributed by atoms with Crippen LogP contribution < -0.4 is 0 Å². The van der Waals surface area contributed by atoms with E-state index in [0.717, 1.165) is 0 Å². The zero-order valence-corrected chi connectivity index (χ0v) is 11.1. The first kappa shape index (κ1) is 13.0. The minimum absolute atomic E-state index is 0.290. The van der Waals surface area contributed by atoms with Crippen LogP contribution in [0, 0.1) is 0 Å². The van der Waals surface area contributed by atoms with Gasteiger partial charge in [0, 0.05) is 0 Å². The number of carboxylic acid groups (broad SMARTS) is 1. The van der Waals surface area contributed by atoms with Gasteiger partial charge in [0.1, 0.15) is 25.2 Å². The number of aliphatic carboxylic acids is 1. The lowest BCUT2D eigenvalue weighted by atomic mass is 10.3. The number of carbonyl (C=O) groups is 1. The highest BCUT2D eigenvalue weighted by atomic mass is 16.4. The molecule has 3 aromatic heterocycles. The van der Waals surface area contributed by atoms with Crippen LogP contribution >= 0.6 is 0 Å². The Bertz CT molecular complexity index is 731. The van der Waals surface area contributed by atoms with E-state index >= 15 is 0 Å². The molecule has 0 unspecified atom stereocenters. The van der Waals surface area contributed by atoms with Gasteiger partial charge in [-0.15, -0.1) is 5.10 Å². The normalized spacial score (nSPS) is 12.4. The molecule has 0 saturated heterocycles. The summed E-state index contributed by atoms with van der Waals surface area (Å²) in [4.78, 5) is 19.2. The van der Waals surface area contributed by atoms with Gasteiger partial charge in [0.05, 0.1) is 6.26 Å². The zero-order valence-electron chi connectivity index (χ0n) is 11.1. The van der Waals surface area contributed by atoms with E-state index in [1.165, 1.54) is 23.6 Å². The van der Waals surface area contributed by atoms with Crippen molar-refractivity contribution >= 4 is 5.97 Å². The lowest BCUT2D eigenvalue weighted by Gasteiger charge is -2.10. The summed E-state index contributed by atoms with van der Waals surface area (Å²) < 4.78 is 8.15. The number of hydrogen-bond acceptors (Lipinski definition) is 6. The topological polar surface area (TPSA) is 112 Å². The summed E-state index contributed by atoms with van der Waals surface area (Å²) in [6.07, 6.45) is 4.45. The van der Waals surface area contributed by atoms with E-state index in [0.29, 0.717) is 17.4 Å². The van der Waals surface area contributed by atoms with E-state index in [-0.39, 0.29) is 12.6 Å². The predicted octanol–water partition coefficient (Wildman–Crippen LogP) is 0.823. The SMILES string of the molecule is C[C@H](c1nc(-c2ccco2)nn1CC(=O)O)n1cncn1. The molecule has 0 radical (unpaired) electrons. The van der Waals surface area contributed by atoms with Crippen molar-refractivity contribution < 1.29 is 14.3 Å². The minimum atomic E-state index is -1.00. The van der Waals surface area contributed by atoms with Gasteiger partial charge in [-0.05, 0) is 19.1 Å². The molecular formula is C12H12N6O3. The Hall–Kier alpha value is -2.97. The molecule has 9 nitrogen and oxygen atoms in total. The Labute approximate surface area is 118 Å². The lowest BCUT2D eigenvalue weighted by Crippen LogP contribution is -2.18. The fourth-order valence-corrected chi connectivity index (χ4v) is 1.95. The number of furan rings is 1. The van der Waals surface area contributed by atoms with Gasteiger partial charge in [0.15, 0.2) is 11.6 Å². The molecule has 0 bridgehead atoms. The van der Waals surface area contributed by atoms with Crippen LogP contribution in [0.25, 0.3) is 11.6 Å². The summed E-state index contributed by atoms with van der Waals surface area (Å²) in [7, 11) is 0. The van der Waals surface area contributed by atoms with Crippen LogP contribution in [0.15, 0.2) is 35.5 Å². The molecule has 0 spiro atoms. The standard InChI is InChI=1S/C12H12N6O3/c1-8(18-7-13-6-14-18)12-15-11(9-3-2-4-21-9)16-17(12)5-10(19)20/h2-4,6-8H,5H2,1H3,(H,19,20)/t8-/m1/s1. The highest BCUT2D eigenvalue weighted by Crippen LogP contribution is 2.21. The van der Waals surface area contributed by atoms with E-state index in [1.807, 2.05) is 6.92 Å². The Morgan fingerprint density at radius 3 is 3.00 bits per heavy atom. The summed E-state index contributed by atoms with van der Waals surface area (Å²) >= 11 is 0. The van der Waals surface area contributed by atoms with E-state index in [2.05, 4.69) is 20.2 Å². The maximum Gasteiger partial charge on any atom is 0.325 e. The number of hydrogen-bond donors (Lipinski definition) is 1. The summed E-state index contributed by atoms with van der Waals surface area (Å²) in [6.45, 7) is 1.55. The fraction of sp³-hybridized carbons (Fsp3) is 0.250. The lowest BCUT2D eigenvalue weighted by molar-refractivity contribution is -0.137. The first-order valence-corrected chi connectivity index (χ1v) is 6.19. The Balaban J connectivity index is 2.02. The third kappa shape index (κ3) is 2.53. The van der Waals surface area contributed by atoms with Crippen molar-refractivity contribution in [1.82, 2.24) is 29.5 Å². The molecule has 3 heterocycles. The third-order valence-corrected chi connectivity index (χ3v) is 2.93. The molecule has 1 atom stereocenters. The van der Waals surface area contributed by atoms with Crippen molar-refractivity contribution in [3.8, 4) is 11.6 Å². The summed E-state index contributed by atoms with van der Waals surface area (Å²) in [5.41, 5.74) is 0. The quantitative estimate of drug-likeness (QED) is 0.739. The molecule has 108 valence electrons. The first-order valence-electron chi connectivity index (χ1n) is 6.19. The van der Waals surface area contributed by atoms with Crippen LogP contribution in [0.2, 0.25) is 0 Å². The second-order valence-electron chi connectivity index (χ2n) is 4.37. The molecule has 0 aromatic carbocycles. The van der Waals surface area contributed by atoms with Gasteiger partial charge in [0.2, 0.25) is 5.82 Å². The predicted molar refractivity (Wildman–Crippen MR) is 69.2 cm³/mol. The number of carboxylic acids is 1. The molecular weight excluding hydrogens is 276 g/mol. The Morgan fingerprint density at radius 1 is 1.52 bits per heavy atom. The van der Waals surface area contributed by atoms with Crippen molar-refractivity contribution in [2.24, 2.45) is 0 Å². The van der Waals surface area contributed by atoms with E-state index in [9.17, 15) is 4.79 Å². The molecule has 0 aliphatic heterocycles. The van der Waals surface area contributed by atoms with Gasteiger partial charge < -0.3 is 9.52 Å². The van der Waals surface area contributed by atoms with Crippen molar-refractivity contribution in [3.63, 3.8) is 0 Å². The fourth-order valence-electron chi connectivity index (χ4n) is 1.95. The van der Waals surface area contributed by atoms with Crippen molar-refractivity contribution in [2.45, 2.75) is 19.5 Å². The average molecular weight is 288 g/mol. The van der Waals surface area contributed by atoms with E-state index < -0.39 is 5.97 Å². The highest BCUT2D eigenvalue weighted by molar-refractivity contribution is 5.66. The number of rotatable bonds is 5. The molecule has 1 N–H and O–H groups in total. The Morgan fingerprint density at radius 2 is 2.38 bits per heavy atom. The smallest absolute Gasteiger partial charge is 0.325 e. The Kier molecular flexibility index (Phi) is 3.22. The third-order valence-electron chi connectivity index (χ3n) is 2.93. The van der Waals surface area contributed by atoms with Crippen LogP contribution in [0.3, 0.4) is 0 Å². The summed E-state index contributed by atoms with van der Waals surface area (Å²) in [6, 6.07) is 3.13. The van der Waals surface area contributed by atoms with E-state index in [4.69, 9.17) is 9.52 Å². The molecule has 0 saturated carbocycles. The summed E-state index contributed by atoms with van der Waals surface area (Å²) in [5, 5.41) is 17.2. The van der Waals surface area contributed by atoms with Gasteiger partial charge in [0.25, 0.3) is 0 Å². The maximum absolute atomic E-state index is 11.0. The molecule has 3 rings (SSSR count). The second-order valence-corrected chi connectivity index (χ2v) is 4.37. The average Bonchev–Trinajstić information content (AvgIpc) is 3.19. The molecule has 21 heavy (non-hydrogen) atoms. The van der Waals surface area contributed by atoms with Crippen LogP contribution in [-0.4, -0.2) is 40.6 Å². The van der Waals surface area contributed by atoms with Crippen LogP contribution in [0.5, 0.6) is 0 Å². The monoisotopic (exact) mass is 288 g/mol. The van der Waals surface area contributed by atoms with Crippen LogP contribution in [-0.2, 0) is 11.3 Å². The second kappa shape index (κ2) is 5.19. The van der Waals surface area contributed by atoms with Gasteiger partial charge in [-0.2, -0.15) is 5.10 Å². The molecule has 0 aliphatic carbocycles. The van der Waals surface area contributed by atoms with Crippen molar-refractivity contribution in [2.75, 3.05) is 0 Å². The molecule has 0 amide bonds. The van der Waals surface area contributed by atoms with E-state index in [1.54, 1.807) is 16.8 Å². The maximum atomic E-state index is 11.0. The van der Waals surface area contributed by atoms with Gasteiger partial charge in [-0.25, -0.2) is 19.3 Å². The summed E-state index contributed by atoms with van der Waals surface area (Å²) in [5.74, 6) is 0.279. The highest BCUT2D eigenvalue weighted by Gasteiger charge is 2.21. The van der Waals surface area contributed by atoms with Crippen LogP contribution in [0.4, 0.5) is 0 Å². The number of nitrogens with zero attached hydrogens (tertiary/aromatic N) is 6. The first-order chi connectivity index (χ1) is 10.1. The van der Waals surface area contributed by atoms with Gasteiger partial charge in [-0.1, -0.05) is 0 Å². The van der Waals surface area contributed by atoms with Crippen LogP contribution in [0.1, 0.15) is 18.8 Å². The zero-order chi connectivity index (χ0) is 14.8. The van der Waals surface area contributed by atoms with Gasteiger partial charge in [-0.3, -0.25) is 4.79 Å².